The van der Waals surface area contributed by atoms with E-state index >= 15 is 0 Å². The molecule has 0 saturated heterocycles. The maximum Gasteiger partial charge on any atom is 0.343 e. The first-order valence-electron chi connectivity index (χ1n) is 18.9. The van der Waals surface area contributed by atoms with Crippen molar-refractivity contribution in [3.63, 3.8) is 0 Å². The molecule has 0 aliphatic carbocycles. The van der Waals surface area contributed by atoms with E-state index in [0.717, 1.165) is 21.9 Å². The van der Waals surface area contributed by atoms with Gasteiger partial charge in [0.1, 0.15) is 30.3 Å². The summed E-state index contributed by atoms with van der Waals surface area (Å²) in [6.45, 7) is 4.85. The standard InChI is InChI=1S/C43H41N5O10/c1-4-43(54)32-18-34-37-30(21-48(34)41(52)31(32)22-57-42(43)53)36(28-17-25(49)11-14-33(28)45-37)23(2)19-47(3)20-29-27-7-5-6-8-35(27)58-38(29)40(51)44-15-16-56-26-12-9-24(10-13-26)39(50)46-55/h5-14,17-18,23,49,54-55H,4,15-16,19-22H2,1-3H3,(H,44,51)(H,46,50). The zero-order valence-electron chi connectivity index (χ0n) is 32.0. The number of aromatic nitrogens is 2. The van der Waals surface area contributed by atoms with Crippen LogP contribution >= 0.6 is 0 Å². The van der Waals surface area contributed by atoms with Crippen LogP contribution in [-0.4, -0.2) is 74.4 Å². The molecule has 5 N–H and O–H groups in total. The minimum absolute atomic E-state index is 0.0305. The molecule has 5 heterocycles. The van der Waals surface area contributed by atoms with Gasteiger partial charge < -0.3 is 38.9 Å². The lowest BCUT2D eigenvalue weighted by Crippen LogP contribution is -2.44. The van der Waals surface area contributed by atoms with Crippen LogP contribution in [0.15, 0.2) is 82.0 Å². The van der Waals surface area contributed by atoms with Gasteiger partial charge in [0, 0.05) is 46.1 Å². The summed E-state index contributed by atoms with van der Waals surface area (Å²) < 4.78 is 18.7. The molecule has 3 aromatic carbocycles. The number of para-hydroxylation sites is 1. The van der Waals surface area contributed by atoms with E-state index in [1.165, 1.54) is 12.1 Å². The summed E-state index contributed by atoms with van der Waals surface area (Å²) in [5, 5.41) is 35.2. The number of aliphatic hydroxyl groups is 1. The second-order valence-corrected chi connectivity index (χ2v) is 14.7. The summed E-state index contributed by atoms with van der Waals surface area (Å²) in [6, 6.07) is 20.3. The van der Waals surface area contributed by atoms with Gasteiger partial charge >= 0.3 is 5.97 Å². The zero-order valence-corrected chi connectivity index (χ0v) is 32.0. The summed E-state index contributed by atoms with van der Waals surface area (Å²) in [5.41, 5.74) is 4.62. The van der Waals surface area contributed by atoms with Crippen LogP contribution in [0.3, 0.4) is 0 Å². The predicted molar refractivity (Wildman–Crippen MR) is 211 cm³/mol. The van der Waals surface area contributed by atoms with E-state index in [-0.39, 0.29) is 72.4 Å². The van der Waals surface area contributed by atoms with Gasteiger partial charge in [-0.25, -0.2) is 15.3 Å². The quantitative estimate of drug-likeness (QED) is 0.0495. The summed E-state index contributed by atoms with van der Waals surface area (Å²) in [4.78, 5) is 58.9. The van der Waals surface area contributed by atoms with Gasteiger partial charge in [-0.15, -0.1) is 0 Å². The lowest BCUT2D eigenvalue weighted by molar-refractivity contribution is -0.172. The largest absolute Gasteiger partial charge is 0.508 e. The maximum absolute atomic E-state index is 14.0. The van der Waals surface area contributed by atoms with Crippen molar-refractivity contribution < 1.29 is 43.7 Å². The first-order chi connectivity index (χ1) is 27.9. The highest BCUT2D eigenvalue weighted by atomic mass is 16.6. The molecule has 2 aliphatic heterocycles. The number of phenolic OH excluding ortho intramolecular Hbond substituents is 1. The van der Waals surface area contributed by atoms with Gasteiger partial charge in [0.05, 0.1) is 35.6 Å². The van der Waals surface area contributed by atoms with Crippen LogP contribution in [-0.2, 0) is 34.8 Å². The molecule has 0 fully saturated rings. The first kappa shape index (κ1) is 38.3. The third-order valence-corrected chi connectivity index (χ3v) is 11.0. The third kappa shape index (κ3) is 6.62. The van der Waals surface area contributed by atoms with Gasteiger partial charge in [-0.2, -0.15) is 0 Å². The number of fused-ring (bicyclic) bond motifs is 6. The van der Waals surface area contributed by atoms with Crippen LogP contribution in [0.25, 0.3) is 33.3 Å². The Bertz CT molecular complexity index is 2690. The smallest absolute Gasteiger partial charge is 0.343 e. The number of furan rings is 1. The monoisotopic (exact) mass is 787 g/mol. The van der Waals surface area contributed by atoms with E-state index in [2.05, 4.69) is 17.1 Å². The second kappa shape index (κ2) is 15.1. The lowest BCUT2D eigenvalue weighted by Gasteiger charge is -2.31. The number of rotatable bonds is 12. The van der Waals surface area contributed by atoms with Crippen molar-refractivity contribution in [2.24, 2.45) is 0 Å². The molecule has 6 aromatic rings. The Balaban J connectivity index is 1.05. The average Bonchev–Trinajstić information content (AvgIpc) is 3.78. The Labute approximate surface area is 331 Å². The molecule has 15 heteroatoms. The highest BCUT2D eigenvalue weighted by molar-refractivity contribution is 5.99. The van der Waals surface area contributed by atoms with E-state index in [1.54, 1.807) is 53.4 Å². The van der Waals surface area contributed by atoms with Crippen LogP contribution in [0.4, 0.5) is 0 Å². The maximum atomic E-state index is 14.0. The molecule has 2 atom stereocenters. The minimum Gasteiger partial charge on any atom is -0.508 e. The number of carbonyl (C=O) groups is 3. The molecular formula is C43H41N5O10. The molecular weight excluding hydrogens is 746 g/mol. The molecule has 3 aromatic heterocycles. The highest BCUT2D eigenvalue weighted by Crippen LogP contribution is 2.43. The van der Waals surface area contributed by atoms with E-state index in [0.29, 0.717) is 46.9 Å². The Morgan fingerprint density at radius 3 is 2.57 bits per heavy atom. The Morgan fingerprint density at radius 2 is 1.81 bits per heavy atom. The van der Waals surface area contributed by atoms with Crippen molar-refractivity contribution >= 4 is 39.7 Å². The number of amides is 2. The van der Waals surface area contributed by atoms with E-state index in [4.69, 9.17) is 24.1 Å². The fourth-order valence-electron chi connectivity index (χ4n) is 8.17. The summed E-state index contributed by atoms with van der Waals surface area (Å²) in [6.07, 6.45) is 0.0305. The SMILES string of the molecule is CCC1(O)C(=O)OCc2c1cc1n(c2=O)Cc2c-1nc1ccc(O)cc1c2C(C)CN(C)Cc1c(C(=O)NCCOc2ccc(C(=O)NO)cc2)oc2ccccc12. The molecule has 2 amide bonds. The molecule has 0 radical (unpaired) electrons. The summed E-state index contributed by atoms with van der Waals surface area (Å²) in [7, 11) is 1.94. The van der Waals surface area contributed by atoms with Gasteiger partial charge in [-0.1, -0.05) is 32.0 Å². The molecule has 0 bridgehead atoms. The number of cyclic esters (lactones) is 1. The van der Waals surface area contributed by atoms with Gasteiger partial charge in [-0.3, -0.25) is 19.6 Å². The molecule has 15 nitrogen and oxygen atoms in total. The number of hydrogen-bond donors (Lipinski definition) is 5. The average molecular weight is 788 g/mol. The normalized spacial score (nSPS) is 16.1. The predicted octanol–water partition coefficient (Wildman–Crippen LogP) is 4.69. The molecule has 58 heavy (non-hydrogen) atoms. The van der Waals surface area contributed by atoms with Crippen molar-refractivity contribution in [2.45, 2.75) is 51.5 Å². The van der Waals surface area contributed by atoms with E-state index in [1.807, 2.05) is 31.3 Å². The lowest BCUT2D eigenvalue weighted by atomic mass is 9.86. The topological polar surface area (TPSA) is 206 Å². The van der Waals surface area contributed by atoms with Crippen molar-refractivity contribution in [1.82, 2.24) is 25.2 Å². The number of likely N-dealkylation sites (N-methyl/N-ethyl adjacent to an activating group) is 1. The van der Waals surface area contributed by atoms with E-state index in [9.17, 15) is 29.4 Å². The van der Waals surface area contributed by atoms with Gasteiger partial charge in [0.15, 0.2) is 11.4 Å². The Morgan fingerprint density at radius 1 is 1.03 bits per heavy atom. The van der Waals surface area contributed by atoms with Crippen LogP contribution < -0.4 is 21.1 Å². The number of phenols is 1. The molecule has 8 rings (SSSR count). The number of nitrogens with zero attached hydrogens (tertiary/aromatic N) is 3. The number of pyridine rings is 2. The van der Waals surface area contributed by atoms with Gasteiger partial charge in [0.25, 0.3) is 17.4 Å². The second-order valence-electron chi connectivity index (χ2n) is 14.7. The number of hydrogen-bond acceptors (Lipinski definition) is 12. The van der Waals surface area contributed by atoms with Crippen molar-refractivity contribution in [2.75, 3.05) is 26.7 Å². The zero-order chi connectivity index (χ0) is 40.9. The van der Waals surface area contributed by atoms with Crippen LogP contribution in [0, 0.1) is 0 Å². The molecule has 298 valence electrons. The molecule has 0 spiro atoms. The van der Waals surface area contributed by atoms with Crippen LogP contribution in [0.5, 0.6) is 11.5 Å². The summed E-state index contributed by atoms with van der Waals surface area (Å²) >= 11 is 0. The van der Waals surface area contributed by atoms with Gasteiger partial charge in [0.2, 0.25) is 0 Å². The summed E-state index contributed by atoms with van der Waals surface area (Å²) in [5.74, 6) is -1.29. The Kier molecular flexibility index (Phi) is 9.97. The molecule has 0 saturated carbocycles. The third-order valence-electron chi connectivity index (χ3n) is 11.0. The highest BCUT2D eigenvalue weighted by Gasteiger charge is 2.45. The van der Waals surface area contributed by atoms with Crippen molar-refractivity contribution in [1.29, 1.82) is 0 Å². The van der Waals surface area contributed by atoms with E-state index < -0.39 is 23.4 Å². The fourth-order valence-corrected chi connectivity index (χ4v) is 8.17. The molecule has 2 unspecified atom stereocenters. The minimum atomic E-state index is -1.95. The fraction of sp³-hybridized carbons (Fsp3) is 0.279. The first-order valence-corrected chi connectivity index (χ1v) is 18.9. The number of benzene rings is 3. The van der Waals surface area contributed by atoms with Crippen LogP contribution in [0.1, 0.15) is 74.9 Å². The Hall–Kier alpha value is -6.55. The number of hydroxylamine groups is 1. The number of esters is 1. The number of nitrogens with one attached hydrogen (secondary N) is 2. The van der Waals surface area contributed by atoms with Crippen molar-refractivity contribution in [3.05, 3.63) is 122 Å². The molecule has 2 aliphatic rings. The van der Waals surface area contributed by atoms with Crippen LogP contribution in [0.2, 0.25) is 0 Å². The number of ether oxygens (including phenoxy) is 2. The number of aromatic hydroxyl groups is 1. The van der Waals surface area contributed by atoms with Gasteiger partial charge in [-0.05, 0) is 79.5 Å². The van der Waals surface area contributed by atoms with Crippen molar-refractivity contribution in [3.8, 4) is 22.9 Å². The number of carbonyl (C=O) groups excluding carboxylic acids is 3.